The summed E-state index contributed by atoms with van der Waals surface area (Å²) in [6.07, 6.45) is 3.59. The van der Waals surface area contributed by atoms with Crippen LogP contribution in [0.25, 0.3) is 10.9 Å². The van der Waals surface area contributed by atoms with Crippen LogP contribution < -0.4 is 23.8 Å². The Bertz CT molecular complexity index is 2100. The molecule has 2 fully saturated rings. The van der Waals surface area contributed by atoms with Crippen molar-refractivity contribution >= 4 is 44.9 Å². The number of nitrogens with one attached hydrogen (secondary N) is 1. The van der Waals surface area contributed by atoms with Gasteiger partial charge in [0.25, 0.3) is 15.9 Å². The van der Waals surface area contributed by atoms with Crippen molar-refractivity contribution in [2.75, 3.05) is 64.4 Å². The van der Waals surface area contributed by atoms with Crippen LogP contribution in [0, 0.1) is 11.3 Å². The fourth-order valence-corrected chi connectivity index (χ4v) is 9.43. The average Bonchev–Trinajstić information content (AvgIpc) is 3.43. The average molecular weight is 733 g/mol. The molecule has 4 heterocycles. The number of piperidine rings is 1. The Morgan fingerprint density at radius 1 is 0.961 bits per heavy atom. The number of methoxy groups -OCH3 is 2. The van der Waals surface area contributed by atoms with Crippen molar-refractivity contribution < 1.29 is 27.4 Å². The third-order valence-electron chi connectivity index (χ3n) is 10.1. The molecule has 1 unspecified atom stereocenters. The second kappa shape index (κ2) is 14.7. The lowest BCUT2D eigenvalue weighted by molar-refractivity contribution is -0.128. The molecule has 0 radical (unpaired) electrons. The van der Waals surface area contributed by atoms with E-state index in [1.807, 2.05) is 6.92 Å². The predicted molar refractivity (Wildman–Crippen MR) is 195 cm³/mol. The molecule has 4 aromatic rings. The molecule has 51 heavy (non-hydrogen) atoms. The fraction of sp³-hybridized carbons (Fsp3) is 0.378. The summed E-state index contributed by atoms with van der Waals surface area (Å²) >= 11 is 0. The maximum atomic E-state index is 15.7. The number of fused-ring (bicyclic) bond motifs is 2. The molecule has 12 nitrogen and oxygen atoms in total. The molecule has 14 heteroatoms. The van der Waals surface area contributed by atoms with Crippen LogP contribution in [0.2, 0.25) is 0 Å². The molecule has 1 N–H and O–H groups in total. The Morgan fingerprint density at radius 2 is 1.71 bits per heavy atom. The minimum Gasteiger partial charge on any atom is -0.497 e. The fourth-order valence-electron chi connectivity index (χ4n) is 7.82. The Kier molecular flexibility index (Phi) is 10.4. The number of hydrogen-bond donors (Lipinski definition) is 1. The Labute approximate surface area is 304 Å². The predicted octanol–water partition coefficient (Wildman–Crippen LogP) is 4.29. The number of nitrogens with zero attached hydrogens (tertiary/aromatic N) is 5. The highest BCUT2D eigenvalue weighted by atomic mass is 35.5. The summed E-state index contributed by atoms with van der Waals surface area (Å²) in [6.45, 7) is 6.38. The molecular formula is C37H41ClN6O6S. The number of piperazine rings is 1. The van der Waals surface area contributed by atoms with Crippen LogP contribution in [-0.2, 0) is 20.4 Å². The second-order valence-corrected chi connectivity index (χ2v) is 14.3. The summed E-state index contributed by atoms with van der Waals surface area (Å²) in [5, 5.41) is 14.0. The molecule has 7 rings (SSSR count). The molecule has 2 saturated heterocycles. The summed E-state index contributed by atoms with van der Waals surface area (Å²) in [6, 6.07) is 19.1. The normalized spacial score (nSPS) is 20.0. The van der Waals surface area contributed by atoms with Crippen LogP contribution in [0.15, 0.2) is 71.8 Å². The number of halogens is 1. The van der Waals surface area contributed by atoms with Gasteiger partial charge in [0.2, 0.25) is 0 Å². The minimum atomic E-state index is -4.59. The van der Waals surface area contributed by atoms with Gasteiger partial charge in [0.15, 0.2) is 5.54 Å². The van der Waals surface area contributed by atoms with Gasteiger partial charge in [-0.3, -0.25) is 19.6 Å². The number of nitriles is 1. The molecule has 1 amide bonds. The molecular weight excluding hydrogens is 692 g/mol. The number of aromatic nitrogens is 1. The van der Waals surface area contributed by atoms with Crippen LogP contribution in [0.5, 0.6) is 17.2 Å². The SMILES string of the molecule is CCOc1ccc(OC)cc1C1(N2CCN(C3CCNCC3)CC2)C(=O)N(S(=O)(=O)c2ccc(OC)c3cccnc23)c2ccc(C#N)cc21.Cl. The molecule has 1 atom stereocenters. The highest BCUT2D eigenvalue weighted by Gasteiger charge is 2.61. The highest BCUT2D eigenvalue weighted by molar-refractivity contribution is 7.93. The Morgan fingerprint density at radius 3 is 2.39 bits per heavy atom. The van der Waals surface area contributed by atoms with Gasteiger partial charge < -0.3 is 19.5 Å². The van der Waals surface area contributed by atoms with Crippen LogP contribution in [0.4, 0.5) is 5.69 Å². The van der Waals surface area contributed by atoms with E-state index < -0.39 is 21.5 Å². The van der Waals surface area contributed by atoms with E-state index in [2.05, 4.69) is 26.2 Å². The van der Waals surface area contributed by atoms with Crippen molar-refractivity contribution in [1.29, 1.82) is 5.26 Å². The smallest absolute Gasteiger partial charge is 0.273 e. The van der Waals surface area contributed by atoms with Crippen LogP contribution >= 0.6 is 12.4 Å². The van der Waals surface area contributed by atoms with Gasteiger partial charge in [-0.15, -0.1) is 12.4 Å². The number of pyridine rings is 1. The number of anilines is 1. The highest BCUT2D eigenvalue weighted by Crippen LogP contribution is 2.54. The van der Waals surface area contributed by atoms with Gasteiger partial charge in [0.05, 0.1) is 43.7 Å². The number of amides is 1. The third kappa shape index (κ3) is 5.94. The summed E-state index contributed by atoms with van der Waals surface area (Å²) in [4.78, 5) is 24.5. The molecule has 0 spiro atoms. The van der Waals surface area contributed by atoms with Gasteiger partial charge in [-0.25, -0.2) is 12.7 Å². The number of carbonyl (C=O) groups excluding carboxylic acids is 1. The number of carbonyl (C=O) groups is 1. The van der Waals surface area contributed by atoms with Gasteiger partial charge in [0, 0.05) is 54.9 Å². The third-order valence-corrected chi connectivity index (χ3v) is 11.9. The summed E-state index contributed by atoms with van der Waals surface area (Å²) in [5.41, 5.74) is -0.194. The Balaban J connectivity index is 0.00000448. The topological polar surface area (TPSA) is 137 Å². The molecule has 268 valence electrons. The van der Waals surface area contributed by atoms with Crippen molar-refractivity contribution in [1.82, 2.24) is 20.1 Å². The van der Waals surface area contributed by atoms with Gasteiger partial charge in [-0.1, -0.05) is 0 Å². The van der Waals surface area contributed by atoms with Gasteiger partial charge in [-0.2, -0.15) is 5.26 Å². The van der Waals surface area contributed by atoms with E-state index in [-0.39, 0.29) is 28.5 Å². The lowest BCUT2D eigenvalue weighted by atomic mass is 9.80. The maximum absolute atomic E-state index is 15.7. The van der Waals surface area contributed by atoms with Crippen LogP contribution in [0.3, 0.4) is 0 Å². The molecule has 1 aromatic heterocycles. The van der Waals surface area contributed by atoms with E-state index in [9.17, 15) is 5.26 Å². The first-order chi connectivity index (χ1) is 24.3. The largest absolute Gasteiger partial charge is 0.497 e. The summed E-state index contributed by atoms with van der Waals surface area (Å²) < 4.78 is 48.4. The number of benzene rings is 3. The quantitative estimate of drug-likeness (QED) is 0.264. The molecule has 3 aromatic carbocycles. The lowest BCUT2D eigenvalue weighted by Gasteiger charge is -2.47. The number of rotatable bonds is 9. The van der Waals surface area contributed by atoms with Gasteiger partial charge >= 0.3 is 0 Å². The molecule has 0 aliphatic carbocycles. The number of hydrogen-bond acceptors (Lipinski definition) is 11. The molecule has 3 aliphatic heterocycles. The van der Waals surface area contributed by atoms with Gasteiger partial charge in [0.1, 0.15) is 22.1 Å². The maximum Gasteiger partial charge on any atom is 0.273 e. The van der Waals surface area contributed by atoms with Crippen LogP contribution in [0.1, 0.15) is 36.5 Å². The van der Waals surface area contributed by atoms with Gasteiger partial charge in [-0.05, 0) is 93.5 Å². The first kappa shape index (κ1) is 36.3. The van der Waals surface area contributed by atoms with E-state index in [4.69, 9.17) is 14.2 Å². The monoisotopic (exact) mass is 732 g/mol. The zero-order valence-corrected chi connectivity index (χ0v) is 30.4. The lowest BCUT2D eigenvalue weighted by Crippen LogP contribution is -2.61. The van der Waals surface area contributed by atoms with Crippen molar-refractivity contribution in [2.24, 2.45) is 0 Å². The summed E-state index contributed by atoms with van der Waals surface area (Å²) in [5.74, 6) is 0.671. The second-order valence-electron chi connectivity index (χ2n) is 12.6. The van der Waals surface area contributed by atoms with Crippen molar-refractivity contribution in [3.63, 3.8) is 0 Å². The van der Waals surface area contributed by atoms with Crippen molar-refractivity contribution in [3.05, 3.63) is 83.6 Å². The zero-order chi connectivity index (χ0) is 35.0. The first-order valence-electron chi connectivity index (χ1n) is 16.9. The zero-order valence-electron chi connectivity index (χ0n) is 28.8. The minimum absolute atomic E-state index is 0. The van der Waals surface area contributed by atoms with Crippen LogP contribution in [-0.4, -0.2) is 95.2 Å². The van der Waals surface area contributed by atoms with E-state index in [1.54, 1.807) is 61.7 Å². The van der Waals surface area contributed by atoms with E-state index >= 15 is 13.2 Å². The number of ether oxygens (including phenoxy) is 3. The van der Waals surface area contributed by atoms with Crippen molar-refractivity contribution in [3.8, 4) is 23.3 Å². The van der Waals surface area contributed by atoms with E-state index in [0.29, 0.717) is 78.2 Å². The Hall–Kier alpha value is -4.45. The van der Waals surface area contributed by atoms with E-state index in [0.717, 1.165) is 30.2 Å². The first-order valence-corrected chi connectivity index (χ1v) is 18.3. The van der Waals surface area contributed by atoms with Crippen molar-refractivity contribution in [2.45, 2.75) is 36.2 Å². The molecule has 3 aliphatic rings. The summed E-state index contributed by atoms with van der Waals surface area (Å²) in [7, 11) is -1.54. The molecule has 0 saturated carbocycles. The standard InChI is InChI=1S/C37H40N6O6S.ClH/c1-4-49-33-10-8-27(47-2)23-30(33)37(42-20-18-41(19-21-42)26-13-16-39-17-14-26)29-22-25(24-38)7-9-31(29)43(36(37)44)50(45,46)34-12-11-32(48-3)28-6-5-15-40-35(28)34;/h5-12,15,22-23,26,39H,4,13-14,16-21H2,1-3H3;1H. The van der Waals surface area contributed by atoms with E-state index in [1.165, 1.54) is 19.4 Å². The number of sulfonamides is 1. The molecule has 0 bridgehead atoms.